The Morgan fingerprint density at radius 3 is 2.71 bits per heavy atom. The second-order valence-corrected chi connectivity index (χ2v) is 5.67. The standard InChI is InChI=1S/C16H26N4O/c1-3-14(2)18-12-16(21)20-10-8-19(9-11-20)13-15-6-4-5-7-17-15/h4-7,14,18H,3,8-13H2,1-2H3. The highest BCUT2D eigenvalue weighted by atomic mass is 16.2. The van der Waals surface area contributed by atoms with Gasteiger partial charge in [-0.15, -0.1) is 0 Å². The fourth-order valence-electron chi connectivity index (χ4n) is 2.39. The van der Waals surface area contributed by atoms with Crippen LogP contribution in [0.3, 0.4) is 0 Å². The Bertz CT molecular complexity index is 429. The molecule has 116 valence electrons. The van der Waals surface area contributed by atoms with E-state index >= 15 is 0 Å². The number of carbonyl (C=O) groups is 1. The van der Waals surface area contributed by atoms with E-state index in [0.717, 1.165) is 44.8 Å². The minimum Gasteiger partial charge on any atom is -0.339 e. The van der Waals surface area contributed by atoms with Crippen LogP contribution in [0.5, 0.6) is 0 Å². The topological polar surface area (TPSA) is 48.5 Å². The molecule has 1 unspecified atom stereocenters. The molecule has 5 nitrogen and oxygen atoms in total. The first-order valence-electron chi connectivity index (χ1n) is 7.82. The van der Waals surface area contributed by atoms with Crippen molar-refractivity contribution in [3.8, 4) is 0 Å². The fraction of sp³-hybridized carbons (Fsp3) is 0.625. The minimum atomic E-state index is 0.216. The summed E-state index contributed by atoms with van der Waals surface area (Å²) in [5.41, 5.74) is 1.09. The summed E-state index contributed by atoms with van der Waals surface area (Å²) in [6.07, 6.45) is 2.88. The largest absolute Gasteiger partial charge is 0.339 e. The summed E-state index contributed by atoms with van der Waals surface area (Å²) in [7, 11) is 0. The molecule has 1 saturated heterocycles. The highest BCUT2D eigenvalue weighted by Crippen LogP contribution is 2.06. The van der Waals surface area contributed by atoms with Crippen LogP contribution in [0.1, 0.15) is 26.0 Å². The molecule has 0 aliphatic carbocycles. The molecule has 5 heteroatoms. The molecular formula is C16H26N4O. The SMILES string of the molecule is CCC(C)NCC(=O)N1CCN(Cc2ccccn2)CC1. The van der Waals surface area contributed by atoms with Gasteiger partial charge in [0.05, 0.1) is 12.2 Å². The van der Waals surface area contributed by atoms with Gasteiger partial charge in [0, 0.05) is 45.0 Å². The molecule has 1 atom stereocenters. The van der Waals surface area contributed by atoms with Crippen LogP contribution in [-0.4, -0.2) is 59.5 Å². The molecule has 2 rings (SSSR count). The number of hydrogen-bond acceptors (Lipinski definition) is 4. The summed E-state index contributed by atoms with van der Waals surface area (Å²) >= 11 is 0. The molecule has 1 N–H and O–H groups in total. The van der Waals surface area contributed by atoms with Crippen molar-refractivity contribution in [2.24, 2.45) is 0 Å². The maximum absolute atomic E-state index is 12.1. The van der Waals surface area contributed by atoms with Crippen molar-refractivity contribution in [3.05, 3.63) is 30.1 Å². The number of piperazine rings is 1. The summed E-state index contributed by atoms with van der Waals surface area (Å²) in [6.45, 7) is 9.03. The van der Waals surface area contributed by atoms with E-state index in [2.05, 4.69) is 29.0 Å². The smallest absolute Gasteiger partial charge is 0.236 e. The summed E-state index contributed by atoms with van der Waals surface area (Å²) in [6, 6.07) is 6.40. The lowest BCUT2D eigenvalue weighted by Crippen LogP contribution is -2.51. The van der Waals surface area contributed by atoms with E-state index < -0.39 is 0 Å². The zero-order valence-corrected chi connectivity index (χ0v) is 13.1. The number of amides is 1. The molecule has 0 radical (unpaired) electrons. The van der Waals surface area contributed by atoms with Crippen molar-refractivity contribution in [2.45, 2.75) is 32.9 Å². The number of carbonyl (C=O) groups excluding carboxylic acids is 1. The van der Waals surface area contributed by atoms with Crippen LogP contribution in [-0.2, 0) is 11.3 Å². The molecule has 0 spiro atoms. The Balaban J connectivity index is 1.71. The third-order valence-corrected chi connectivity index (χ3v) is 4.05. The van der Waals surface area contributed by atoms with E-state index in [4.69, 9.17) is 0 Å². The second kappa shape index (κ2) is 8.10. The maximum Gasteiger partial charge on any atom is 0.236 e. The van der Waals surface area contributed by atoms with Crippen LogP contribution < -0.4 is 5.32 Å². The molecule has 1 aromatic rings. The van der Waals surface area contributed by atoms with E-state index in [-0.39, 0.29) is 5.91 Å². The van der Waals surface area contributed by atoms with Gasteiger partial charge in [0.1, 0.15) is 0 Å². The highest BCUT2D eigenvalue weighted by molar-refractivity contribution is 5.78. The number of hydrogen-bond donors (Lipinski definition) is 1. The third kappa shape index (κ3) is 5.10. The van der Waals surface area contributed by atoms with Gasteiger partial charge in [0.2, 0.25) is 5.91 Å². The molecular weight excluding hydrogens is 264 g/mol. The molecule has 1 fully saturated rings. The van der Waals surface area contributed by atoms with Crippen LogP contribution in [0.25, 0.3) is 0 Å². The zero-order chi connectivity index (χ0) is 15.1. The molecule has 1 aromatic heterocycles. The lowest BCUT2D eigenvalue weighted by atomic mass is 10.2. The first kappa shape index (κ1) is 15.9. The van der Waals surface area contributed by atoms with Gasteiger partial charge in [-0.2, -0.15) is 0 Å². The summed E-state index contributed by atoms with van der Waals surface area (Å²) in [5, 5.41) is 3.27. The molecule has 1 amide bonds. The van der Waals surface area contributed by atoms with Crippen LogP contribution in [0.4, 0.5) is 0 Å². The maximum atomic E-state index is 12.1. The van der Waals surface area contributed by atoms with Crippen LogP contribution in [0, 0.1) is 0 Å². The Morgan fingerprint density at radius 2 is 2.10 bits per heavy atom. The Labute approximate surface area is 127 Å². The normalized spacial score (nSPS) is 17.7. The summed E-state index contributed by atoms with van der Waals surface area (Å²) in [4.78, 5) is 20.8. The zero-order valence-electron chi connectivity index (χ0n) is 13.1. The van der Waals surface area contributed by atoms with E-state index in [0.29, 0.717) is 12.6 Å². The highest BCUT2D eigenvalue weighted by Gasteiger charge is 2.21. The minimum absolute atomic E-state index is 0.216. The monoisotopic (exact) mass is 290 g/mol. The summed E-state index contributed by atoms with van der Waals surface area (Å²) in [5.74, 6) is 0.216. The second-order valence-electron chi connectivity index (χ2n) is 5.67. The average molecular weight is 290 g/mol. The molecule has 21 heavy (non-hydrogen) atoms. The Morgan fingerprint density at radius 1 is 1.33 bits per heavy atom. The molecule has 2 heterocycles. The van der Waals surface area contributed by atoms with E-state index in [1.807, 2.05) is 29.3 Å². The first-order valence-corrected chi connectivity index (χ1v) is 7.82. The quantitative estimate of drug-likeness (QED) is 0.853. The van der Waals surface area contributed by atoms with Gasteiger partial charge < -0.3 is 10.2 Å². The Kier molecular flexibility index (Phi) is 6.14. The third-order valence-electron chi connectivity index (χ3n) is 4.05. The van der Waals surface area contributed by atoms with Crippen molar-refractivity contribution in [2.75, 3.05) is 32.7 Å². The fourth-order valence-corrected chi connectivity index (χ4v) is 2.39. The van der Waals surface area contributed by atoms with Gasteiger partial charge in [0.15, 0.2) is 0 Å². The van der Waals surface area contributed by atoms with E-state index in [1.165, 1.54) is 0 Å². The van der Waals surface area contributed by atoms with Gasteiger partial charge in [-0.1, -0.05) is 13.0 Å². The van der Waals surface area contributed by atoms with Crippen molar-refractivity contribution < 1.29 is 4.79 Å². The number of nitrogens with one attached hydrogen (secondary N) is 1. The van der Waals surface area contributed by atoms with Crippen molar-refractivity contribution in [3.63, 3.8) is 0 Å². The summed E-state index contributed by atoms with van der Waals surface area (Å²) < 4.78 is 0. The van der Waals surface area contributed by atoms with E-state index in [1.54, 1.807) is 0 Å². The van der Waals surface area contributed by atoms with Gasteiger partial charge in [-0.05, 0) is 25.5 Å². The average Bonchev–Trinajstić information content (AvgIpc) is 2.54. The molecule has 0 bridgehead atoms. The number of rotatable bonds is 6. The lowest BCUT2D eigenvalue weighted by Gasteiger charge is -2.34. The number of pyridine rings is 1. The van der Waals surface area contributed by atoms with Crippen LogP contribution >= 0.6 is 0 Å². The van der Waals surface area contributed by atoms with Gasteiger partial charge in [-0.25, -0.2) is 0 Å². The molecule has 1 aliphatic rings. The number of aromatic nitrogens is 1. The molecule has 0 saturated carbocycles. The predicted molar refractivity (Wildman–Crippen MR) is 83.8 cm³/mol. The molecule has 1 aliphatic heterocycles. The van der Waals surface area contributed by atoms with Gasteiger partial charge >= 0.3 is 0 Å². The van der Waals surface area contributed by atoms with Crippen LogP contribution in [0.15, 0.2) is 24.4 Å². The van der Waals surface area contributed by atoms with Gasteiger partial charge in [0.25, 0.3) is 0 Å². The van der Waals surface area contributed by atoms with Gasteiger partial charge in [-0.3, -0.25) is 14.7 Å². The van der Waals surface area contributed by atoms with Crippen molar-refractivity contribution in [1.82, 2.24) is 20.1 Å². The predicted octanol–water partition coefficient (Wildman–Crippen LogP) is 1.11. The number of nitrogens with zero attached hydrogens (tertiary/aromatic N) is 3. The first-order chi connectivity index (χ1) is 10.2. The molecule has 0 aromatic carbocycles. The Hall–Kier alpha value is -1.46. The van der Waals surface area contributed by atoms with Crippen LogP contribution in [0.2, 0.25) is 0 Å². The lowest BCUT2D eigenvalue weighted by molar-refractivity contribution is -0.132. The van der Waals surface area contributed by atoms with Crippen molar-refractivity contribution >= 4 is 5.91 Å². The van der Waals surface area contributed by atoms with E-state index in [9.17, 15) is 4.79 Å². The van der Waals surface area contributed by atoms with Crippen molar-refractivity contribution in [1.29, 1.82) is 0 Å².